The van der Waals surface area contributed by atoms with Crippen molar-refractivity contribution in [3.8, 4) is 6.07 Å². The van der Waals surface area contributed by atoms with Crippen molar-refractivity contribution in [1.82, 2.24) is 4.98 Å². The molecule has 0 aliphatic carbocycles. The molecule has 0 atom stereocenters. The first-order valence-electron chi connectivity index (χ1n) is 5.51. The Kier molecular flexibility index (Phi) is 5.99. The molecule has 0 unspecified atom stereocenters. The first kappa shape index (κ1) is 15.1. The minimum absolute atomic E-state index is 0.179. The number of aromatic nitrogens is 1. The van der Waals surface area contributed by atoms with E-state index in [1.54, 1.807) is 4.90 Å². The zero-order valence-electron chi connectivity index (χ0n) is 10.4. The van der Waals surface area contributed by atoms with E-state index in [1.165, 1.54) is 19.4 Å². The fourth-order valence-electron chi connectivity index (χ4n) is 1.51. The van der Waals surface area contributed by atoms with Crippen molar-refractivity contribution < 1.29 is 9.66 Å². The molecule has 0 radical (unpaired) electrons. The van der Waals surface area contributed by atoms with Gasteiger partial charge in [-0.15, -0.1) is 0 Å². The van der Waals surface area contributed by atoms with Gasteiger partial charge in [0, 0.05) is 32.5 Å². The van der Waals surface area contributed by atoms with Crippen LogP contribution < -0.4 is 4.90 Å². The Labute approximate surface area is 115 Å². The molecule has 0 N–H and O–H groups in total. The zero-order chi connectivity index (χ0) is 14.3. The van der Waals surface area contributed by atoms with Gasteiger partial charge in [0.15, 0.2) is 0 Å². The number of methoxy groups -OCH3 is 1. The number of nitro groups is 1. The number of hydrogen-bond acceptors (Lipinski definition) is 6. The molecule has 1 rings (SSSR count). The van der Waals surface area contributed by atoms with Gasteiger partial charge in [-0.2, -0.15) is 5.26 Å². The molecule has 0 bridgehead atoms. The Hall–Kier alpha value is -1.91. The van der Waals surface area contributed by atoms with Crippen LogP contribution in [0, 0.1) is 21.4 Å². The van der Waals surface area contributed by atoms with Gasteiger partial charge in [-0.3, -0.25) is 10.1 Å². The number of nitrogens with zero attached hydrogens (tertiary/aromatic N) is 4. The molecule has 0 fully saturated rings. The molecule has 1 aromatic rings. The highest BCUT2D eigenvalue weighted by Gasteiger charge is 2.21. The van der Waals surface area contributed by atoms with Gasteiger partial charge < -0.3 is 9.64 Å². The number of anilines is 1. The fraction of sp³-hybridized carbons (Fsp3) is 0.455. The molecule has 19 heavy (non-hydrogen) atoms. The zero-order valence-corrected chi connectivity index (χ0v) is 11.1. The highest BCUT2D eigenvalue weighted by atomic mass is 35.5. The van der Waals surface area contributed by atoms with Gasteiger partial charge in [0.2, 0.25) is 5.82 Å². The van der Waals surface area contributed by atoms with Gasteiger partial charge in [0.05, 0.1) is 29.0 Å². The molecule has 0 aliphatic rings. The second-order valence-electron chi connectivity index (χ2n) is 3.64. The van der Waals surface area contributed by atoms with E-state index in [9.17, 15) is 10.1 Å². The van der Waals surface area contributed by atoms with Crippen LogP contribution in [0.1, 0.15) is 6.42 Å². The SMILES string of the molecule is COCCN(CCC#N)c1ncc(Cl)cc1[N+](=O)[O-]. The van der Waals surface area contributed by atoms with Crippen LogP contribution >= 0.6 is 11.6 Å². The number of pyridine rings is 1. The number of hydrogen-bond donors (Lipinski definition) is 0. The number of halogens is 1. The summed E-state index contributed by atoms with van der Waals surface area (Å²) in [6.07, 6.45) is 1.58. The van der Waals surface area contributed by atoms with Crippen LogP contribution in [-0.4, -0.2) is 36.7 Å². The van der Waals surface area contributed by atoms with Crippen LogP contribution in [0.3, 0.4) is 0 Å². The number of rotatable bonds is 7. The molecule has 0 amide bonds. The lowest BCUT2D eigenvalue weighted by Crippen LogP contribution is -2.29. The van der Waals surface area contributed by atoms with Crippen molar-refractivity contribution in [3.05, 3.63) is 27.4 Å². The third-order valence-electron chi connectivity index (χ3n) is 2.37. The summed E-state index contributed by atoms with van der Waals surface area (Å²) >= 11 is 5.71. The van der Waals surface area contributed by atoms with Crippen LogP contribution in [0.5, 0.6) is 0 Å². The second-order valence-corrected chi connectivity index (χ2v) is 4.08. The van der Waals surface area contributed by atoms with Crippen molar-refractivity contribution in [2.45, 2.75) is 6.42 Å². The molecule has 1 aromatic heterocycles. The normalized spacial score (nSPS) is 9.95. The van der Waals surface area contributed by atoms with E-state index >= 15 is 0 Å². The number of nitriles is 1. The lowest BCUT2D eigenvalue weighted by molar-refractivity contribution is -0.384. The maximum absolute atomic E-state index is 11.0. The van der Waals surface area contributed by atoms with E-state index in [1.807, 2.05) is 6.07 Å². The fourth-order valence-corrected chi connectivity index (χ4v) is 1.66. The summed E-state index contributed by atoms with van der Waals surface area (Å²) < 4.78 is 4.95. The third-order valence-corrected chi connectivity index (χ3v) is 2.58. The minimum atomic E-state index is -0.541. The van der Waals surface area contributed by atoms with Gasteiger partial charge in [0.1, 0.15) is 0 Å². The minimum Gasteiger partial charge on any atom is -0.383 e. The monoisotopic (exact) mass is 284 g/mol. The Morgan fingerprint density at radius 3 is 2.95 bits per heavy atom. The molecule has 8 heteroatoms. The summed E-state index contributed by atoms with van der Waals surface area (Å²) in [6, 6.07) is 3.24. The standard InChI is InChI=1S/C11H13ClN4O3/c1-19-6-5-15(4-2-3-13)11-10(16(17)18)7-9(12)8-14-11/h7-8H,2,4-6H2,1H3. The van der Waals surface area contributed by atoms with Crippen molar-refractivity contribution in [1.29, 1.82) is 5.26 Å². The summed E-state index contributed by atoms with van der Waals surface area (Å²) in [4.78, 5) is 16.1. The maximum Gasteiger partial charge on any atom is 0.313 e. The van der Waals surface area contributed by atoms with Crippen molar-refractivity contribution >= 4 is 23.1 Å². The Morgan fingerprint density at radius 1 is 1.63 bits per heavy atom. The summed E-state index contributed by atoms with van der Waals surface area (Å²) in [5, 5.41) is 19.8. The first-order chi connectivity index (χ1) is 9.10. The van der Waals surface area contributed by atoms with E-state index < -0.39 is 4.92 Å². The molecule has 0 aromatic carbocycles. The van der Waals surface area contributed by atoms with Gasteiger partial charge in [-0.05, 0) is 0 Å². The first-order valence-corrected chi connectivity index (χ1v) is 5.88. The van der Waals surface area contributed by atoms with Gasteiger partial charge in [-0.25, -0.2) is 4.98 Å². The molecule has 0 saturated carbocycles. The van der Waals surface area contributed by atoms with E-state index in [4.69, 9.17) is 21.6 Å². The average Bonchev–Trinajstić information content (AvgIpc) is 2.39. The van der Waals surface area contributed by atoms with E-state index in [0.29, 0.717) is 19.7 Å². The maximum atomic E-state index is 11.0. The predicted molar refractivity (Wildman–Crippen MR) is 70.2 cm³/mol. The Bertz CT molecular complexity index is 489. The van der Waals surface area contributed by atoms with Crippen LogP contribution in [0.15, 0.2) is 12.3 Å². The third kappa shape index (κ3) is 4.35. The largest absolute Gasteiger partial charge is 0.383 e. The molecule has 7 nitrogen and oxygen atoms in total. The van der Waals surface area contributed by atoms with E-state index in [-0.39, 0.29) is 22.9 Å². The van der Waals surface area contributed by atoms with E-state index in [0.717, 1.165) is 0 Å². The van der Waals surface area contributed by atoms with Crippen molar-refractivity contribution in [3.63, 3.8) is 0 Å². The second kappa shape index (κ2) is 7.51. The summed E-state index contributed by atoms with van der Waals surface area (Å²) in [5.41, 5.74) is -0.179. The lowest BCUT2D eigenvalue weighted by Gasteiger charge is -2.21. The molecular formula is C11H13ClN4O3. The summed E-state index contributed by atoms with van der Waals surface area (Å²) in [7, 11) is 1.53. The molecular weight excluding hydrogens is 272 g/mol. The van der Waals surface area contributed by atoms with Gasteiger partial charge >= 0.3 is 5.69 Å². The predicted octanol–water partition coefficient (Wildman–Crippen LogP) is 2.01. The molecule has 0 saturated heterocycles. The highest BCUT2D eigenvalue weighted by Crippen LogP contribution is 2.28. The summed E-state index contributed by atoms with van der Waals surface area (Å²) in [5.74, 6) is 0.196. The smallest absolute Gasteiger partial charge is 0.313 e. The van der Waals surface area contributed by atoms with Gasteiger partial charge in [-0.1, -0.05) is 11.6 Å². The highest BCUT2D eigenvalue weighted by molar-refractivity contribution is 6.30. The van der Waals surface area contributed by atoms with Crippen LogP contribution in [0.4, 0.5) is 11.5 Å². The lowest BCUT2D eigenvalue weighted by atomic mass is 10.3. The average molecular weight is 285 g/mol. The molecule has 0 aliphatic heterocycles. The van der Waals surface area contributed by atoms with Crippen LogP contribution in [0.25, 0.3) is 0 Å². The molecule has 0 spiro atoms. The Morgan fingerprint density at radius 2 is 2.37 bits per heavy atom. The topological polar surface area (TPSA) is 92.3 Å². The Balaban J connectivity index is 3.06. The number of ether oxygens (including phenoxy) is 1. The van der Waals surface area contributed by atoms with Crippen molar-refractivity contribution in [2.75, 3.05) is 31.7 Å². The van der Waals surface area contributed by atoms with Crippen LogP contribution in [0.2, 0.25) is 5.02 Å². The summed E-state index contributed by atoms with van der Waals surface area (Å²) in [6.45, 7) is 1.13. The quantitative estimate of drug-likeness (QED) is 0.562. The van der Waals surface area contributed by atoms with E-state index in [2.05, 4.69) is 4.98 Å². The van der Waals surface area contributed by atoms with Crippen LogP contribution in [-0.2, 0) is 4.74 Å². The van der Waals surface area contributed by atoms with Gasteiger partial charge in [0.25, 0.3) is 0 Å². The molecule has 102 valence electrons. The van der Waals surface area contributed by atoms with Crippen molar-refractivity contribution in [2.24, 2.45) is 0 Å². The molecule has 1 heterocycles.